The van der Waals surface area contributed by atoms with Gasteiger partial charge in [0.25, 0.3) is 5.91 Å². The van der Waals surface area contributed by atoms with Crippen LogP contribution < -0.4 is 10.2 Å². The third-order valence-electron chi connectivity index (χ3n) is 4.17. The van der Waals surface area contributed by atoms with Crippen molar-refractivity contribution in [3.05, 3.63) is 59.4 Å². The molecule has 1 fully saturated rings. The molecule has 6 heteroatoms. The molecule has 1 aliphatic heterocycles. The van der Waals surface area contributed by atoms with Crippen molar-refractivity contribution in [1.29, 1.82) is 0 Å². The van der Waals surface area contributed by atoms with Crippen molar-refractivity contribution in [3.8, 4) is 0 Å². The van der Waals surface area contributed by atoms with Crippen molar-refractivity contribution < 1.29 is 19.0 Å². The molecule has 0 aliphatic carbocycles. The molecule has 25 heavy (non-hydrogen) atoms. The predicted octanol–water partition coefficient (Wildman–Crippen LogP) is 2.45. The first-order valence-electron chi connectivity index (χ1n) is 8.31. The Labute approximate surface area is 146 Å². The smallest absolute Gasteiger partial charge is 0.255 e. The number of benzene rings is 2. The van der Waals surface area contributed by atoms with Gasteiger partial charge in [-0.3, -0.25) is 4.79 Å². The number of aliphatic hydroxyl groups is 1. The lowest BCUT2D eigenvalue weighted by molar-refractivity contribution is 0.102. The molecule has 2 N–H and O–H groups in total. The molecule has 3 rings (SSSR count). The fourth-order valence-electron chi connectivity index (χ4n) is 2.80. The Hall–Kier alpha value is -2.44. The highest BCUT2D eigenvalue weighted by Gasteiger charge is 2.17. The van der Waals surface area contributed by atoms with Crippen LogP contribution in [0, 0.1) is 5.82 Å². The number of morpholine rings is 1. The summed E-state index contributed by atoms with van der Waals surface area (Å²) in [5.74, 6) is -0.768. The number of aliphatic hydroxyl groups excluding tert-OH is 1. The van der Waals surface area contributed by atoms with Crippen LogP contribution in [-0.2, 0) is 11.2 Å². The lowest BCUT2D eigenvalue weighted by Gasteiger charge is -2.29. The van der Waals surface area contributed by atoms with Crippen LogP contribution in [0.15, 0.2) is 42.5 Å². The Balaban J connectivity index is 1.68. The molecule has 0 aromatic heterocycles. The maximum Gasteiger partial charge on any atom is 0.255 e. The molecule has 132 valence electrons. The van der Waals surface area contributed by atoms with Crippen molar-refractivity contribution in [2.75, 3.05) is 43.1 Å². The maximum absolute atomic E-state index is 14.4. The van der Waals surface area contributed by atoms with Gasteiger partial charge in [-0.25, -0.2) is 4.39 Å². The summed E-state index contributed by atoms with van der Waals surface area (Å²) in [5.41, 5.74) is 2.38. The summed E-state index contributed by atoms with van der Waals surface area (Å²) in [5, 5.41) is 11.7. The van der Waals surface area contributed by atoms with Crippen molar-refractivity contribution in [1.82, 2.24) is 0 Å². The summed E-state index contributed by atoms with van der Waals surface area (Å²) < 4.78 is 19.7. The van der Waals surface area contributed by atoms with Crippen LogP contribution in [0.4, 0.5) is 15.8 Å². The van der Waals surface area contributed by atoms with E-state index in [2.05, 4.69) is 5.32 Å². The van der Waals surface area contributed by atoms with E-state index >= 15 is 0 Å². The molecule has 1 saturated heterocycles. The molecule has 0 spiro atoms. The second-order valence-electron chi connectivity index (χ2n) is 5.89. The van der Waals surface area contributed by atoms with Crippen molar-refractivity contribution in [2.24, 2.45) is 0 Å². The van der Waals surface area contributed by atoms with Crippen molar-refractivity contribution in [2.45, 2.75) is 6.42 Å². The summed E-state index contributed by atoms with van der Waals surface area (Å²) in [4.78, 5) is 14.2. The molecule has 0 saturated carbocycles. The van der Waals surface area contributed by atoms with Gasteiger partial charge in [0, 0.05) is 30.9 Å². The Bertz CT molecular complexity index is 728. The lowest BCUT2D eigenvalue weighted by atomic mass is 10.1. The third kappa shape index (κ3) is 4.35. The number of anilines is 2. The normalized spacial score (nSPS) is 14.4. The third-order valence-corrected chi connectivity index (χ3v) is 4.17. The molecular formula is C19H21FN2O3. The van der Waals surface area contributed by atoms with E-state index in [1.807, 2.05) is 17.0 Å². The number of amides is 1. The number of carbonyl (C=O) groups is 1. The zero-order valence-corrected chi connectivity index (χ0v) is 13.9. The number of hydrogen-bond donors (Lipinski definition) is 2. The number of hydrogen-bond acceptors (Lipinski definition) is 4. The summed E-state index contributed by atoms with van der Waals surface area (Å²) in [6, 6.07) is 11.7. The average molecular weight is 344 g/mol. The summed E-state index contributed by atoms with van der Waals surface area (Å²) in [7, 11) is 0. The molecule has 2 aromatic rings. The summed E-state index contributed by atoms with van der Waals surface area (Å²) >= 11 is 0. The molecule has 1 heterocycles. The van der Waals surface area contributed by atoms with E-state index in [0.717, 1.165) is 5.56 Å². The number of nitrogens with zero attached hydrogens (tertiary/aromatic N) is 1. The zero-order valence-electron chi connectivity index (χ0n) is 13.9. The van der Waals surface area contributed by atoms with Gasteiger partial charge in [-0.05, 0) is 42.3 Å². The van der Waals surface area contributed by atoms with Gasteiger partial charge in [0.05, 0.1) is 18.9 Å². The molecule has 0 radical (unpaired) electrons. The second kappa shape index (κ2) is 8.09. The number of carbonyl (C=O) groups excluding carboxylic acids is 1. The zero-order chi connectivity index (χ0) is 17.6. The minimum absolute atomic E-state index is 0.0838. The van der Waals surface area contributed by atoms with Gasteiger partial charge in [0.15, 0.2) is 0 Å². The van der Waals surface area contributed by atoms with E-state index < -0.39 is 5.82 Å². The Morgan fingerprint density at radius 3 is 2.52 bits per heavy atom. The van der Waals surface area contributed by atoms with E-state index in [-0.39, 0.29) is 18.1 Å². The largest absolute Gasteiger partial charge is 0.396 e. The standard InChI is InChI=1S/C19H21FN2O3/c20-17-13-15(3-6-18(17)22-8-11-25-12-9-22)19(24)21-16-4-1-14(2-5-16)7-10-23/h1-6,13,23H,7-12H2,(H,21,24). The van der Waals surface area contributed by atoms with E-state index in [0.29, 0.717) is 44.1 Å². The Morgan fingerprint density at radius 2 is 1.88 bits per heavy atom. The van der Waals surface area contributed by atoms with Gasteiger partial charge in [-0.1, -0.05) is 12.1 Å². The van der Waals surface area contributed by atoms with E-state index in [9.17, 15) is 9.18 Å². The summed E-state index contributed by atoms with van der Waals surface area (Å²) in [6.45, 7) is 2.52. The number of halogens is 1. The van der Waals surface area contributed by atoms with Crippen molar-refractivity contribution in [3.63, 3.8) is 0 Å². The van der Waals surface area contributed by atoms with Crippen LogP contribution in [0.5, 0.6) is 0 Å². The maximum atomic E-state index is 14.4. The molecule has 2 aromatic carbocycles. The first-order valence-corrected chi connectivity index (χ1v) is 8.31. The fourth-order valence-corrected chi connectivity index (χ4v) is 2.80. The van der Waals surface area contributed by atoms with E-state index in [1.165, 1.54) is 6.07 Å². The molecule has 1 amide bonds. The van der Waals surface area contributed by atoms with Gasteiger partial charge >= 0.3 is 0 Å². The molecule has 0 bridgehead atoms. The van der Waals surface area contributed by atoms with Crippen LogP contribution in [0.2, 0.25) is 0 Å². The predicted molar refractivity (Wildman–Crippen MR) is 94.6 cm³/mol. The highest BCUT2D eigenvalue weighted by atomic mass is 19.1. The highest BCUT2D eigenvalue weighted by molar-refractivity contribution is 6.04. The molecule has 5 nitrogen and oxygen atoms in total. The SMILES string of the molecule is O=C(Nc1ccc(CCO)cc1)c1ccc(N2CCOCC2)c(F)c1. The minimum atomic E-state index is -0.409. The Kier molecular flexibility index (Phi) is 5.63. The number of rotatable bonds is 5. The second-order valence-corrected chi connectivity index (χ2v) is 5.89. The molecule has 0 atom stereocenters. The molecular weight excluding hydrogens is 323 g/mol. The van der Waals surface area contributed by atoms with Gasteiger partial charge in [-0.15, -0.1) is 0 Å². The topological polar surface area (TPSA) is 61.8 Å². The van der Waals surface area contributed by atoms with Crippen LogP contribution >= 0.6 is 0 Å². The van der Waals surface area contributed by atoms with Crippen molar-refractivity contribution >= 4 is 17.3 Å². The Morgan fingerprint density at radius 1 is 1.16 bits per heavy atom. The fraction of sp³-hybridized carbons (Fsp3) is 0.316. The van der Waals surface area contributed by atoms with Gasteiger partial charge in [0.2, 0.25) is 0 Å². The monoisotopic (exact) mass is 344 g/mol. The first-order chi connectivity index (χ1) is 12.2. The van der Waals surface area contributed by atoms with Crippen LogP contribution in [-0.4, -0.2) is 43.9 Å². The van der Waals surface area contributed by atoms with Crippen LogP contribution in [0.3, 0.4) is 0 Å². The lowest BCUT2D eigenvalue weighted by Crippen LogP contribution is -2.36. The van der Waals surface area contributed by atoms with Gasteiger partial charge in [-0.2, -0.15) is 0 Å². The number of nitrogens with one attached hydrogen (secondary N) is 1. The summed E-state index contributed by atoms with van der Waals surface area (Å²) in [6.07, 6.45) is 0.572. The van der Waals surface area contributed by atoms with Crippen LogP contribution in [0.1, 0.15) is 15.9 Å². The van der Waals surface area contributed by atoms with E-state index in [4.69, 9.17) is 9.84 Å². The average Bonchev–Trinajstić information content (AvgIpc) is 2.64. The highest BCUT2D eigenvalue weighted by Crippen LogP contribution is 2.22. The van der Waals surface area contributed by atoms with Gasteiger partial charge in [0.1, 0.15) is 5.82 Å². The van der Waals surface area contributed by atoms with E-state index in [1.54, 1.807) is 24.3 Å². The van der Waals surface area contributed by atoms with Gasteiger partial charge < -0.3 is 20.1 Å². The number of ether oxygens (including phenoxy) is 1. The molecule has 1 aliphatic rings. The minimum Gasteiger partial charge on any atom is -0.396 e. The van der Waals surface area contributed by atoms with Crippen LogP contribution in [0.25, 0.3) is 0 Å². The molecule has 0 unspecified atom stereocenters. The first kappa shape index (κ1) is 17.4. The quantitative estimate of drug-likeness (QED) is 0.875.